The predicted octanol–water partition coefficient (Wildman–Crippen LogP) is 4.97. The molecule has 31 heavy (non-hydrogen) atoms. The molecule has 4 aliphatic rings. The third kappa shape index (κ3) is 3.73. The number of rotatable bonds is 2. The zero-order valence-electron chi connectivity index (χ0n) is 19.8. The van der Waals surface area contributed by atoms with Crippen molar-refractivity contribution in [3.63, 3.8) is 0 Å². The van der Waals surface area contributed by atoms with Gasteiger partial charge in [-0.25, -0.2) is 4.79 Å². The van der Waals surface area contributed by atoms with Crippen molar-refractivity contribution in [2.75, 3.05) is 13.6 Å². The van der Waals surface area contributed by atoms with Gasteiger partial charge in [-0.2, -0.15) is 0 Å². The number of fused-ring (bicyclic) bond motifs is 5. The molecule has 1 N–H and O–H groups in total. The topological polar surface area (TPSA) is 52.7 Å². The van der Waals surface area contributed by atoms with E-state index in [1.165, 1.54) is 41.9 Å². The van der Waals surface area contributed by atoms with E-state index in [1.54, 1.807) is 13.1 Å². The molecule has 1 unspecified atom stereocenters. The fourth-order valence-electron chi connectivity index (χ4n) is 7.38. The quantitative estimate of drug-likeness (QED) is 0.610. The smallest absolute Gasteiger partial charge is 0.333 e. The third-order valence-corrected chi connectivity index (χ3v) is 9.52. The maximum absolute atomic E-state index is 13.5. The lowest BCUT2D eigenvalue weighted by molar-refractivity contribution is -0.135. The van der Waals surface area contributed by atoms with Crippen LogP contribution in [0.15, 0.2) is 12.2 Å². The van der Waals surface area contributed by atoms with Crippen LogP contribution in [0.3, 0.4) is 0 Å². The van der Waals surface area contributed by atoms with E-state index in [2.05, 4.69) is 39.1 Å². The monoisotopic (exact) mass is 445 g/mol. The van der Waals surface area contributed by atoms with Crippen LogP contribution in [0.5, 0.6) is 0 Å². The molecule has 6 atom stereocenters. The molecule has 0 spiro atoms. The van der Waals surface area contributed by atoms with Gasteiger partial charge in [-0.3, -0.25) is 14.6 Å². The molecule has 172 valence electrons. The van der Waals surface area contributed by atoms with Gasteiger partial charge in [-0.15, -0.1) is 0 Å². The van der Waals surface area contributed by atoms with Gasteiger partial charge in [-0.1, -0.05) is 40.2 Å². The Morgan fingerprint density at radius 1 is 1.23 bits per heavy atom. The minimum absolute atomic E-state index is 0.0835. The molecule has 0 saturated heterocycles. The van der Waals surface area contributed by atoms with Crippen molar-refractivity contribution in [1.82, 2.24) is 15.1 Å². The fraction of sp³-hybridized carbons (Fsp3) is 0.800. The van der Waals surface area contributed by atoms with Crippen molar-refractivity contribution in [1.29, 1.82) is 0 Å². The maximum atomic E-state index is 13.5. The summed E-state index contributed by atoms with van der Waals surface area (Å²) in [5.41, 5.74) is 0.354. The molecule has 0 bridgehead atoms. The van der Waals surface area contributed by atoms with Crippen LogP contribution in [-0.2, 0) is 4.79 Å². The molecule has 0 aromatic heterocycles. The molecule has 5 nitrogen and oxygen atoms in total. The standard InChI is InChI=1S/C25H39N3O2S/c1-16(2)15-26-22(31)27(5)23(30)28-20-9-8-17-18-7-6-12-24(18,3)13-10-19(17)25(20,4)14-11-21(28)29/h11,14,16-20H,6-10,12-13,15H2,1-5H3,(H,26,31)/t17-,18-,19+,20?,24-,25+/m0/s1. The van der Waals surface area contributed by atoms with E-state index in [4.69, 9.17) is 12.2 Å². The molecule has 1 heterocycles. The molecule has 1 aliphatic heterocycles. The van der Waals surface area contributed by atoms with Gasteiger partial charge in [0.05, 0.1) is 6.04 Å². The van der Waals surface area contributed by atoms with Crippen LogP contribution in [0.4, 0.5) is 4.79 Å². The largest absolute Gasteiger partial charge is 0.362 e. The number of amides is 3. The molecule has 0 radical (unpaired) electrons. The van der Waals surface area contributed by atoms with Gasteiger partial charge in [0.1, 0.15) is 0 Å². The van der Waals surface area contributed by atoms with Crippen LogP contribution < -0.4 is 5.32 Å². The molecule has 3 saturated carbocycles. The van der Waals surface area contributed by atoms with Gasteiger partial charge < -0.3 is 5.32 Å². The number of thiocarbonyl (C=S) groups is 1. The summed E-state index contributed by atoms with van der Waals surface area (Å²) >= 11 is 5.45. The molecule has 6 heteroatoms. The van der Waals surface area contributed by atoms with E-state index >= 15 is 0 Å². The van der Waals surface area contributed by atoms with E-state index in [0.717, 1.165) is 18.8 Å². The Labute approximate surface area is 193 Å². The highest BCUT2D eigenvalue weighted by Gasteiger charge is 2.59. The highest BCUT2D eigenvalue weighted by molar-refractivity contribution is 7.80. The molecule has 4 rings (SSSR count). The number of urea groups is 1. The first kappa shape index (κ1) is 22.8. The Morgan fingerprint density at radius 2 is 1.97 bits per heavy atom. The van der Waals surface area contributed by atoms with Crippen LogP contribution in [0.25, 0.3) is 0 Å². The molecule has 3 fully saturated rings. The van der Waals surface area contributed by atoms with E-state index in [1.807, 2.05) is 0 Å². The van der Waals surface area contributed by atoms with Crippen molar-refractivity contribution < 1.29 is 9.59 Å². The van der Waals surface area contributed by atoms with Crippen LogP contribution >= 0.6 is 12.2 Å². The van der Waals surface area contributed by atoms with Gasteiger partial charge in [0, 0.05) is 25.1 Å². The van der Waals surface area contributed by atoms with Gasteiger partial charge >= 0.3 is 6.03 Å². The zero-order chi connectivity index (χ0) is 22.6. The van der Waals surface area contributed by atoms with Crippen molar-refractivity contribution in [2.24, 2.45) is 34.5 Å². The molecule has 3 aliphatic carbocycles. The van der Waals surface area contributed by atoms with E-state index in [9.17, 15) is 9.59 Å². The SMILES string of the molecule is CC(C)CNC(=S)N(C)C(=O)N1C(=O)C=C[C@@]2(C)C1CC[C@@H]1[C@H]2CC[C@]2(C)CCC[C@@H]12. The van der Waals surface area contributed by atoms with Crippen molar-refractivity contribution in [2.45, 2.75) is 78.7 Å². The Kier molecular flexibility index (Phi) is 5.99. The summed E-state index contributed by atoms with van der Waals surface area (Å²) in [5, 5.41) is 3.54. The first-order valence-corrected chi connectivity index (χ1v) is 12.6. The number of carbonyl (C=O) groups excluding carboxylic acids is 2. The highest BCUT2D eigenvalue weighted by Crippen LogP contribution is 2.64. The number of carbonyl (C=O) groups is 2. The van der Waals surface area contributed by atoms with Crippen LogP contribution in [0.1, 0.15) is 72.6 Å². The van der Waals surface area contributed by atoms with Crippen LogP contribution in [-0.4, -0.2) is 46.5 Å². The second kappa shape index (κ2) is 8.17. The lowest BCUT2D eigenvalue weighted by Crippen LogP contribution is -2.63. The third-order valence-electron chi connectivity index (χ3n) is 9.10. The average molecular weight is 446 g/mol. The summed E-state index contributed by atoms with van der Waals surface area (Å²) in [6, 6.07) is -0.383. The summed E-state index contributed by atoms with van der Waals surface area (Å²) in [4.78, 5) is 29.4. The predicted molar refractivity (Wildman–Crippen MR) is 127 cm³/mol. The normalized spacial score (nSPS) is 39.0. The number of nitrogens with one attached hydrogen (secondary N) is 1. The van der Waals surface area contributed by atoms with Gasteiger partial charge in [-0.05, 0) is 79.8 Å². The number of nitrogens with zero attached hydrogens (tertiary/aromatic N) is 2. The van der Waals surface area contributed by atoms with Crippen LogP contribution in [0, 0.1) is 34.5 Å². The van der Waals surface area contributed by atoms with Gasteiger partial charge in [0.2, 0.25) is 0 Å². The Hall–Kier alpha value is -1.43. The number of hydrogen-bond donors (Lipinski definition) is 1. The molecule has 3 amide bonds. The maximum Gasteiger partial charge on any atom is 0.333 e. The first-order chi connectivity index (χ1) is 14.6. The summed E-state index contributed by atoms with van der Waals surface area (Å²) in [5.74, 6) is 2.27. The second-order valence-electron chi connectivity index (χ2n) is 11.4. The van der Waals surface area contributed by atoms with Crippen molar-refractivity contribution >= 4 is 29.3 Å². The summed E-state index contributed by atoms with van der Waals surface area (Å²) in [7, 11) is 1.68. The minimum Gasteiger partial charge on any atom is -0.362 e. The first-order valence-electron chi connectivity index (χ1n) is 12.2. The average Bonchev–Trinajstić information content (AvgIpc) is 3.13. The fourth-order valence-corrected chi connectivity index (χ4v) is 7.54. The summed E-state index contributed by atoms with van der Waals surface area (Å²) < 4.78 is 0. The van der Waals surface area contributed by atoms with E-state index in [-0.39, 0.29) is 23.4 Å². The Balaban J connectivity index is 1.57. The number of imide groups is 1. The van der Waals surface area contributed by atoms with Crippen molar-refractivity contribution in [3.05, 3.63) is 12.2 Å². The Morgan fingerprint density at radius 3 is 2.68 bits per heavy atom. The molecule has 0 aromatic rings. The molecular formula is C25H39N3O2S. The van der Waals surface area contributed by atoms with Crippen LogP contribution in [0.2, 0.25) is 0 Å². The zero-order valence-corrected chi connectivity index (χ0v) is 20.6. The molecule has 0 aromatic carbocycles. The second-order valence-corrected chi connectivity index (χ2v) is 11.8. The minimum atomic E-state index is -0.299. The van der Waals surface area contributed by atoms with Crippen molar-refractivity contribution in [3.8, 4) is 0 Å². The lowest BCUT2D eigenvalue weighted by atomic mass is 9.48. The summed E-state index contributed by atoms with van der Waals surface area (Å²) in [6.45, 7) is 9.70. The van der Waals surface area contributed by atoms with Gasteiger partial charge in [0.15, 0.2) is 5.11 Å². The Bertz CT molecular complexity index is 796. The van der Waals surface area contributed by atoms with E-state index < -0.39 is 0 Å². The van der Waals surface area contributed by atoms with Gasteiger partial charge in [0.25, 0.3) is 5.91 Å². The highest BCUT2D eigenvalue weighted by atomic mass is 32.1. The molecular weight excluding hydrogens is 406 g/mol. The lowest BCUT2D eigenvalue weighted by Gasteiger charge is -2.59. The number of hydrogen-bond acceptors (Lipinski definition) is 3. The summed E-state index contributed by atoms with van der Waals surface area (Å²) in [6.07, 6.45) is 12.4. The van der Waals surface area contributed by atoms with E-state index in [0.29, 0.717) is 34.8 Å².